The smallest absolute Gasteiger partial charge is 0.151 e. The van der Waals surface area contributed by atoms with Gasteiger partial charge in [0.25, 0.3) is 0 Å². The van der Waals surface area contributed by atoms with Crippen molar-refractivity contribution in [2.45, 2.75) is 19.0 Å². The quantitative estimate of drug-likeness (QED) is 0.799. The molecule has 1 saturated heterocycles. The van der Waals surface area contributed by atoms with Gasteiger partial charge in [-0.3, -0.25) is 4.90 Å². The van der Waals surface area contributed by atoms with E-state index in [2.05, 4.69) is 11.1 Å². The summed E-state index contributed by atoms with van der Waals surface area (Å²) < 4.78 is 22.9. The van der Waals surface area contributed by atoms with E-state index >= 15 is 0 Å². The van der Waals surface area contributed by atoms with Crippen LogP contribution in [0.3, 0.4) is 0 Å². The summed E-state index contributed by atoms with van der Waals surface area (Å²) >= 11 is 0. The van der Waals surface area contributed by atoms with Gasteiger partial charge in [-0.25, -0.2) is 13.4 Å². The molecule has 1 fully saturated rings. The topological polar surface area (TPSA) is 74.1 Å². The summed E-state index contributed by atoms with van der Waals surface area (Å²) in [6.07, 6.45) is 2.25. The van der Waals surface area contributed by atoms with E-state index < -0.39 is 9.84 Å². The number of hydrogen-bond acceptors (Lipinski definition) is 5. The maximum Gasteiger partial charge on any atom is 0.151 e. The summed E-state index contributed by atoms with van der Waals surface area (Å²) in [5, 5.41) is 8.95. The molecule has 5 nitrogen and oxygen atoms in total. The zero-order valence-electron chi connectivity index (χ0n) is 10.2. The summed E-state index contributed by atoms with van der Waals surface area (Å²) in [5.74, 6) is 0.478. The van der Waals surface area contributed by atoms with E-state index in [0.29, 0.717) is 18.7 Å². The first kappa shape index (κ1) is 13.0. The van der Waals surface area contributed by atoms with Crippen LogP contribution in [0, 0.1) is 11.3 Å². The summed E-state index contributed by atoms with van der Waals surface area (Å²) in [5.41, 5.74) is 1.25. The Kier molecular flexibility index (Phi) is 3.64. The third kappa shape index (κ3) is 2.86. The molecule has 0 N–H and O–H groups in total. The molecule has 0 radical (unpaired) electrons. The average molecular weight is 265 g/mol. The summed E-state index contributed by atoms with van der Waals surface area (Å²) in [7, 11) is -0.982. The fourth-order valence-corrected chi connectivity index (χ4v) is 3.99. The monoisotopic (exact) mass is 265 g/mol. The van der Waals surface area contributed by atoms with Gasteiger partial charge in [0.05, 0.1) is 11.5 Å². The Morgan fingerprint density at radius 2 is 2.39 bits per heavy atom. The second kappa shape index (κ2) is 5.04. The van der Waals surface area contributed by atoms with Crippen LogP contribution in [0.2, 0.25) is 0 Å². The van der Waals surface area contributed by atoms with Gasteiger partial charge in [-0.1, -0.05) is 6.07 Å². The molecule has 0 bridgehead atoms. The number of nitrogens with zero attached hydrogens (tertiary/aromatic N) is 3. The second-order valence-corrected chi connectivity index (χ2v) is 6.82. The fourth-order valence-electron chi connectivity index (χ4n) is 2.19. The van der Waals surface area contributed by atoms with E-state index in [-0.39, 0.29) is 17.5 Å². The summed E-state index contributed by atoms with van der Waals surface area (Å²) in [6, 6.07) is 5.73. The van der Waals surface area contributed by atoms with Crippen LogP contribution in [0.1, 0.15) is 17.7 Å². The first-order valence-corrected chi connectivity index (χ1v) is 7.58. The SMILES string of the molecule is CN(Cc1cccnc1C#N)C1CCS(=O)(=O)C1. The van der Waals surface area contributed by atoms with Crippen molar-refractivity contribution in [3.8, 4) is 6.07 Å². The van der Waals surface area contributed by atoms with Gasteiger partial charge in [0, 0.05) is 24.3 Å². The van der Waals surface area contributed by atoms with E-state index in [1.54, 1.807) is 12.3 Å². The lowest BCUT2D eigenvalue weighted by Crippen LogP contribution is -2.32. The zero-order valence-corrected chi connectivity index (χ0v) is 11.0. The van der Waals surface area contributed by atoms with Crippen molar-refractivity contribution in [3.05, 3.63) is 29.6 Å². The fraction of sp³-hybridized carbons (Fsp3) is 0.500. The molecule has 0 saturated carbocycles. The second-order valence-electron chi connectivity index (χ2n) is 4.59. The Labute approximate surface area is 107 Å². The van der Waals surface area contributed by atoms with Crippen LogP contribution >= 0.6 is 0 Å². The van der Waals surface area contributed by atoms with Crippen LogP contribution < -0.4 is 0 Å². The molecule has 6 heteroatoms. The number of rotatable bonds is 3. The minimum Gasteiger partial charge on any atom is -0.298 e. The van der Waals surface area contributed by atoms with Gasteiger partial charge >= 0.3 is 0 Å². The highest BCUT2D eigenvalue weighted by atomic mass is 32.2. The lowest BCUT2D eigenvalue weighted by Gasteiger charge is -2.23. The Morgan fingerprint density at radius 1 is 1.61 bits per heavy atom. The molecule has 0 aliphatic carbocycles. The zero-order chi connectivity index (χ0) is 13.2. The average Bonchev–Trinajstić information content (AvgIpc) is 2.70. The highest BCUT2D eigenvalue weighted by molar-refractivity contribution is 7.91. The Morgan fingerprint density at radius 3 is 3.00 bits per heavy atom. The molecule has 0 aromatic carbocycles. The van der Waals surface area contributed by atoms with Crippen molar-refractivity contribution < 1.29 is 8.42 Å². The molecule has 1 unspecified atom stereocenters. The van der Waals surface area contributed by atoms with Crippen LogP contribution in [-0.2, 0) is 16.4 Å². The molecule has 0 amide bonds. The van der Waals surface area contributed by atoms with Gasteiger partial charge in [0.2, 0.25) is 0 Å². The van der Waals surface area contributed by atoms with Crippen molar-refractivity contribution in [2.24, 2.45) is 0 Å². The third-order valence-corrected chi connectivity index (χ3v) is 5.00. The molecule has 0 spiro atoms. The third-order valence-electron chi connectivity index (χ3n) is 3.25. The number of nitriles is 1. The van der Waals surface area contributed by atoms with Gasteiger partial charge < -0.3 is 0 Å². The number of aromatic nitrogens is 1. The molecule has 2 rings (SSSR count). The molecule has 2 heterocycles. The first-order chi connectivity index (χ1) is 8.52. The first-order valence-electron chi connectivity index (χ1n) is 5.76. The van der Waals surface area contributed by atoms with Crippen LogP contribution in [0.5, 0.6) is 0 Å². The van der Waals surface area contributed by atoms with Crippen LogP contribution in [0.4, 0.5) is 0 Å². The van der Waals surface area contributed by atoms with Crippen molar-refractivity contribution >= 4 is 9.84 Å². The van der Waals surface area contributed by atoms with Crippen molar-refractivity contribution in [1.82, 2.24) is 9.88 Å². The number of sulfone groups is 1. The van der Waals surface area contributed by atoms with E-state index in [0.717, 1.165) is 5.56 Å². The van der Waals surface area contributed by atoms with E-state index in [1.807, 2.05) is 18.0 Å². The standard InChI is InChI=1S/C12H15N3O2S/c1-15(11-4-6-18(16,17)9-11)8-10-3-2-5-14-12(10)7-13/h2-3,5,11H,4,6,8-9H2,1H3. The van der Waals surface area contributed by atoms with Crippen LogP contribution in [0.25, 0.3) is 0 Å². The van der Waals surface area contributed by atoms with Crippen molar-refractivity contribution in [1.29, 1.82) is 5.26 Å². The van der Waals surface area contributed by atoms with Gasteiger partial charge in [-0.2, -0.15) is 5.26 Å². The maximum atomic E-state index is 11.4. The van der Waals surface area contributed by atoms with Gasteiger partial charge in [0.15, 0.2) is 9.84 Å². The largest absolute Gasteiger partial charge is 0.298 e. The molecule has 96 valence electrons. The van der Waals surface area contributed by atoms with Crippen molar-refractivity contribution in [2.75, 3.05) is 18.6 Å². The predicted octanol–water partition coefficient (Wildman–Crippen LogP) is 0.572. The minimum absolute atomic E-state index is 0.0433. The minimum atomic E-state index is -2.87. The summed E-state index contributed by atoms with van der Waals surface area (Å²) in [6.45, 7) is 0.552. The van der Waals surface area contributed by atoms with E-state index in [1.165, 1.54) is 0 Å². The molecular formula is C12H15N3O2S. The van der Waals surface area contributed by atoms with Gasteiger partial charge in [-0.15, -0.1) is 0 Å². The molecular weight excluding hydrogens is 250 g/mol. The number of hydrogen-bond donors (Lipinski definition) is 0. The Balaban J connectivity index is 2.08. The Bertz CT molecular complexity index is 577. The van der Waals surface area contributed by atoms with E-state index in [9.17, 15) is 8.42 Å². The molecule has 18 heavy (non-hydrogen) atoms. The molecule has 1 aliphatic heterocycles. The Hall–Kier alpha value is -1.45. The van der Waals surface area contributed by atoms with Crippen molar-refractivity contribution in [3.63, 3.8) is 0 Å². The molecule has 1 aromatic heterocycles. The number of pyridine rings is 1. The van der Waals surface area contributed by atoms with Gasteiger partial charge in [0.1, 0.15) is 11.8 Å². The van der Waals surface area contributed by atoms with Crippen LogP contribution in [-0.4, -0.2) is 42.9 Å². The maximum absolute atomic E-state index is 11.4. The summed E-state index contributed by atoms with van der Waals surface area (Å²) in [4.78, 5) is 5.99. The highest BCUT2D eigenvalue weighted by Crippen LogP contribution is 2.19. The molecule has 1 aliphatic rings. The highest BCUT2D eigenvalue weighted by Gasteiger charge is 2.30. The van der Waals surface area contributed by atoms with Crippen LogP contribution in [0.15, 0.2) is 18.3 Å². The predicted molar refractivity (Wildman–Crippen MR) is 67.5 cm³/mol. The van der Waals surface area contributed by atoms with E-state index in [4.69, 9.17) is 5.26 Å². The normalized spacial score (nSPS) is 21.9. The molecule has 1 aromatic rings. The lowest BCUT2D eigenvalue weighted by molar-refractivity contribution is 0.253. The lowest BCUT2D eigenvalue weighted by atomic mass is 10.1. The van der Waals surface area contributed by atoms with Gasteiger partial charge in [-0.05, 0) is 19.5 Å². The molecule has 1 atom stereocenters.